The van der Waals surface area contributed by atoms with Crippen molar-refractivity contribution < 1.29 is 92.0 Å². The van der Waals surface area contributed by atoms with Crippen molar-refractivity contribution in [2.75, 3.05) is 24.6 Å². The SMILES string of the molecule is CC[C@H](C)[C@H](NC(C)=O)C(=O)N[C@H]1CSSC[C@@H](C(=O)N[C@H](C(=O)O)[C@@H](C)O)NC(=O)[C@H](CCCNC(=N)N)NC(=O)[C@H](Cc2c[nH]cn2)NC(=O)[C@H](C)NC(=O)CNC(=O)[C@H](Cc2c[nH]c3ccccc23)NC(=O)[C@H](CC(=O)O)NC(=O)[C@H](CCC(N)=O)NC(=O)[C@H](Cc2c[nH]c3ccccc23)NC(=O)[C@H](C(C)C)NC1=O. The molecule has 14 atom stereocenters. The second kappa shape index (κ2) is 43.7. The van der Waals surface area contributed by atoms with Gasteiger partial charge >= 0.3 is 11.9 Å². The number of nitrogens with one attached hydrogen (secondary N) is 18. The largest absolute Gasteiger partial charge is 0.481 e. The summed E-state index contributed by atoms with van der Waals surface area (Å²) in [6.07, 6.45) is 0.607. The third-order valence-electron chi connectivity index (χ3n) is 18.2. The quantitative estimate of drug-likeness (QED) is 0.0114. The van der Waals surface area contributed by atoms with E-state index in [1.807, 2.05) is 0 Å². The maximum absolute atomic E-state index is 15.1. The third kappa shape index (κ3) is 28.2. The fraction of sp³-hybridized carbons (Fsp3) is 0.493. The Labute approximate surface area is 655 Å². The minimum Gasteiger partial charge on any atom is -0.481 e. The van der Waals surface area contributed by atoms with Crippen molar-refractivity contribution in [2.24, 2.45) is 23.3 Å². The number of carboxylic acids is 2. The van der Waals surface area contributed by atoms with Gasteiger partial charge in [0.2, 0.25) is 82.7 Å². The number of guanidine groups is 1. The number of aliphatic carboxylic acids is 2. The predicted molar refractivity (Wildman–Crippen MR) is 412 cm³/mol. The summed E-state index contributed by atoms with van der Waals surface area (Å²) in [5.41, 5.74) is 13.3. The second-order valence-corrected chi connectivity index (χ2v) is 30.0. The molecular formula is C71H99N21O19S2. The molecule has 4 heterocycles. The molecule has 0 saturated carbocycles. The normalized spacial score (nSPS) is 22.7. The first kappa shape index (κ1) is 90.1. The minimum absolute atomic E-state index is 0.0204. The number of nitrogens with zero attached hydrogens (tertiary/aromatic N) is 1. The Morgan fingerprint density at radius 2 is 1.15 bits per heavy atom. The van der Waals surface area contributed by atoms with E-state index in [2.05, 4.69) is 94.4 Å². The van der Waals surface area contributed by atoms with Crippen LogP contribution in [0.4, 0.5) is 0 Å². The van der Waals surface area contributed by atoms with Gasteiger partial charge in [-0.3, -0.25) is 77.3 Å². The zero-order chi connectivity index (χ0) is 83.3. The Balaban J connectivity index is 1.47. The number of H-pyrrole nitrogens is 3. The molecule has 6 rings (SSSR count). The number of primary amides is 1. The van der Waals surface area contributed by atoms with Gasteiger partial charge in [0.1, 0.15) is 66.5 Å². The Morgan fingerprint density at radius 3 is 1.70 bits per heavy atom. The summed E-state index contributed by atoms with van der Waals surface area (Å²) in [7, 11) is 1.59. The lowest BCUT2D eigenvalue weighted by atomic mass is 9.97. The van der Waals surface area contributed by atoms with Gasteiger partial charge < -0.3 is 116 Å². The summed E-state index contributed by atoms with van der Waals surface area (Å²) in [6, 6.07) is -6.66. The molecule has 25 N–H and O–H groups in total. The van der Waals surface area contributed by atoms with E-state index in [4.69, 9.17) is 16.9 Å². The zero-order valence-electron chi connectivity index (χ0n) is 63.1. The van der Waals surface area contributed by atoms with E-state index in [-0.39, 0.29) is 44.3 Å². The van der Waals surface area contributed by atoms with Gasteiger partial charge in [-0.05, 0) is 68.2 Å². The molecule has 1 aliphatic heterocycles. The first-order valence-electron chi connectivity index (χ1n) is 36.2. The number of fused-ring (bicyclic) bond motifs is 2. The molecule has 1 fully saturated rings. The van der Waals surface area contributed by atoms with Gasteiger partial charge in [0.05, 0.1) is 31.1 Å². The average molecular weight is 1610 g/mol. The first-order valence-corrected chi connectivity index (χ1v) is 38.7. The average Bonchev–Trinajstić information content (AvgIpc) is 1.73. The number of aromatic amines is 3. The summed E-state index contributed by atoms with van der Waals surface area (Å²) < 4.78 is 0. The molecule has 0 unspecified atom stereocenters. The molecule has 0 spiro atoms. The van der Waals surface area contributed by atoms with E-state index in [1.54, 1.807) is 68.6 Å². The second-order valence-electron chi connectivity index (χ2n) is 27.4. The molecule has 1 saturated heterocycles. The van der Waals surface area contributed by atoms with E-state index >= 15 is 14.4 Å². The molecule has 42 heteroatoms. The van der Waals surface area contributed by atoms with Gasteiger partial charge in [0.25, 0.3) is 0 Å². The van der Waals surface area contributed by atoms with Crippen molar-refractivity contribution in [3.63, 3.8) is 0 Å². The van der Waals surface area contributed by atoms with Crippen molar-refractivity contribution in [2.45, 2.75) is 185 Å². The van der Waals surface area contributed by atoms with Crippen molar-refractivity contribution in [3.8, 4) is 0 Å². The summed E-state index contributed by atoms with van der Waals surface area (Å²) in [5.74, 6) is -20.7. The summed E-state index contributed by atoms with van der Waals surface area (Å²) in [6.45, 7) is 8.95. The van der Waals surface area contributed by atoms with Crippen LogP contribution in [-0.4, -0.2) is 239 Å². The molecule has 3 aromatic heterocycles. The maximum Gasteiger partial charge on any atom is 0.328 e. The van der Waals surface area contributed by atoms with Gasteiger partial charge in [-0.25, -0.2) is 9.78 Å². The van der Waals surface area contributed by atoms with Crippen LogP contribution in [0.25, 0.3) is 21.8 Å². The highest BCUT2D eigenvalue weighted by molar-refractivity contribution is 8.76. The smallest absolute Gasteiger partial charge is 0.328 e. The molecule has 5 aromatic rings. The number of hydrogen-bond acceptors (Lipinski definition) is 21. The molecule has 1 aliphatic rings. The van der Waals surface area contributed by atoms with Crippen molar-refractivity contribution >= 4 is 144 Å². The van der Waals surface area contributed by atoms with E-state index < -0.39 is 228 Å². The number of rotatable bonds is 25. The van der Waals surface area contributed by atoms with E-state index in [9.17, 15) is 77.6 Å². The van der Waals surface area contributed by atoms with Crippen LogP contribution in [0.5, 0.6) is 0 Å². The molecule has 0 radical (unpaired) electrons. The number of imidazole rings is 1. The predicted octanol–water partition coefficient (Wildman–Crippen LogP) is -4.06. The molecule has 40 nitrogen and oxygen atoms in total. The summed E-state index contributed by atoms with van der Waals surface area (Å²) >= 11 is 0. The van der Waals surface area contributed by atoms with Crippen LogP contribution in [0, 0.1) is 17.2 Å². The highest BCUT2D eigenvalue weighted by atomic mass is 33.1. The van der Waals surface area contributed by atoms with Gasteiger partial charge in [-0.2, -0.15) is 0 Å². The number of hydrogen-bond donors (Lipinski definition) is 23. The van der Waals surface area contributed by atoms with Crippen LogP contribution >= 0.6 is 21.6 Å². The number of nitrogens with two attached hydrogens (primary N) is 2. The van der Waals surface area contributed by atoms with E-state index in [0.29, 0.717) is 39.4 Å². The van der Waals surface area contributed by atoms with Gasteiger partial charge in [0, 0.05) is 91.1 Å². The lowest BCUT2D eigenvalue weighted by Gasteiger charge is -2.29. The lowest BCUT2D eigenvalue weighted by molar-refractivity contribution is -0.145. The fourth-order valence-electron chi connectivity index (χ4n) is 11.8. The Bertz CT molecular complexity index is 4250. The van der Waals surface area contributed by atoms with Crippen molar-refractivity contribution in [1.29, 1.82) is 5.41 Å². The third-order valence-corrected chi connectivity index (χ3v) is 20.6. The molecular weight excluding hydrogens is 1520 g/mol. The van der Waals surface area contributed by atoms with Crippen LogP contribution < -0.4 is 85.9 Å². The lowest BCUT2D eigenvalue weighted by Crippen LogP contribution is -2.61. The Morgan fingerprint density at radius 1 is 0.619 bits per heavy atom. The van der Waals surface area contributed by atoms with Crippen LogP contribution in [0.15, 0.2) is 73.4 Å². The molecule has 0 bridgehead atoms. The summed E-state index contributed by atoms with van der Waals surface area (Å²) in [4.78, 5) is 238. The summed E-state index contributed by atoms with van der Waals surface area (Å²) in [5, 5.41) is 74.6. The van der Waals surface area contributed by atoms with E-state index in [0.717, 1.165) is 28.5 Å². The number of benzene rings is 2. The first-order chi connectivity index (χ1) is 53.5. The number of aliphatic hydroxyl groups is 1. The van der Waals surface area contributed by atoms with Gasteiger partial charge in [-0.1, -0.05) is 92.1 Å². The van der Waals surface area contributed by atoms with Crippen LogP contribution in [-0.2, 0) is 96.0 Å². The zero-order valence-corrected chi connectivity index (χ0v) is 64.7. The molecule has 0 aliphatic carbocycles. The molecule has 614 valence electrons. The molecule has 113 heavy (non-hydrogen) atoms. The Kier molecular flexibility index (Phi) is 34.8. The fourth-order valence-corrected chi connectivity index (χ4v) is 14.1. The molecule has 2 aromatic carbocycles. The standard InChI is InChI=1S/C71H99N21O19S2/c1-8-34(4)57(82-37(7)94)69(109)90-52-31-113-112-30-51(67(107)92-58(36(6)93)70(110)111)89-61(101)45(18-13-21-76-71(73)74)83-64(104)49(24-40-28-75-32-80-40)85-59(99)35(5)81-54(96)29-79-60(100)47(22-38-26-77-43-16-11-9-14-41(38)43)86-65(105)50(25-55(97)98)87-62(102)46(19-20-53(72)95)84-63(103)48(88-68(108)56(33(2)3)91-66(52)106)23-39-27-78-44-17-12-10-15-42(39)44/h9-12,14-17,26-28,32-36,45-52,56-58,77-78,93H,8,13,18-25,29-31H2,1-7H3,(H2,72,95)(H,75,80)(H,79,100)(H,81,96)(H,82,94)(H,83,104)(H,84,103)(H,85,99)(H,86,105)(H,87,102)(H,88,108)(H,89,101)(H,90,109)(H,91,106)(H,92,107)(H,97,98)(H,110,111)(H4,73,74,76)/t34-,35-,36+,45-,46-,47-,48-,49-,50-,51-,52-,56-,57-,58-/m0/s1. The number of carbonyl (C=O) groups is 16. The monoisotopic (exact) mass is 1610 g/mol. The van der Waals surface area contributed by atoms with Crippen LogP contribution in [0.3, 0.4) is 0 Å². The van der Waals surface area contributed by atoms with Gasteiger partial charge in [-0.15, -0.1) is 0 Å². The number of carbonyl (C=O) groups excluding carboxylic acids is 14. The number of aliphatic hydroxyl groups excluding tert-OH is 1. The van der Waals surface area contributed by atoms with Crippen LogP contribution in [0.2, 0.25) is 0 Å². The number of aromatic nitrogens is 4. The number of para-hydroxylation sites is 2. The number of amides is 14. The van der Waals surface area contributed by atoms with E-state index in [1.165, 1.54) is 46.4 Å². The minimum atomic E-state index is -2.06. The topological polar surface area (TPSA) is 638 Å². The maximum atomic E-state index is 15.1. The van der Waals surface area contributed by atoms with Crippen LogP contribution in [0.1, 0.15) is 104 Å². The van der Waals surface area contributed by atoms with Gasteiger partial charge in [0.15, 0.2) is 12.0 Å². The molecule has 14 amide bonds. The highest BCUT2D eigenvalue weighted by Gasteiger charge is 2.39. The number of carboxylic acid groups (broad SMARTS) is 2. The highest BCUT2D eigenvalue weighted by Crippen LogP contribution is 2.26. The Hall–Kier alpha value is -11.8. The van der Waals surface area contributed by atoms with Crippen molar-refractivity contribution in [3.05, 3.63) is 90.3 Å². The van der Waals surface area contributed by atoms with Crippen molar-refractivity contribution in [1.82, 2.24) is 94.4 Å².